The molecule has 0 spiro atoms. The van der Waals surface area contributed by atoms with Crippen LogP contribution in [0.1, 0.15) is 39.3 Å². The highest BCUT2D eigenvalue weighted by molar-refractivity contribution is 5.11. The third-order valence-corrected chi connectivity index (χ3v) is 3.68. The van der Waals surface area contributed by atoms with E-state index in [0.717, 1.165) is 6.54 Å². The van der Waals surface area contributed by atoms with Crippen LogP contribution in [-0.4, -0.2) is 34.3 Å². The Hall–Kier alpha value is -0.870. The lowest BCUT2D eigenvalue weighted by atomic mass is 10.0. The fourth-order valence-corrected chi connectivity index (χ4v) is 2.02. The molecule has 0 aliphatic heterocycles. The summed E-state index contributed by atoms with van der Waals surface area (Å²) in [6.07, 6.45) is 4.03. The zero-order valence-electron chi connectivity index (χ0n) is 11.7. The first-order valence-corrected chi connectivity index (χ1v) is 6.45. The molecule has 17 heavy (non-hydrogen) atoms. The van der Waals surface area contributed by atoms with Crippen molar-refractivity contribution in [2.75, 3.05) is 13.6 Å². The van der Waals surface area contributed by atoms with Gasteiger partial charge in [-0.25, -0.2) is 0 Å². The highest BCUT2D eigenvalue weighted by Gasteiger charge is 2.23. The van der Waals surface area contributed by atoms with Crippen molar-refractivity contribution in [3.8, 4) is 0 Å². The number of aromatic nitrogens is 2. The third-order valence-electron chi connectivity index (χ3n) is 3.68. The Labute approximate surface area is 105 Å². The van der Waals surface area contributed by atoms with Crippen LogP contribution in [0.15, 0.2) is 12.4 Å². The average molecular weight is 238 g/mol. The maximum atomic E-state index is 5.92. The van der Waals surface area contributed by atoms with Gasteiger partial charge < -0.3 is 5.73 Å². The van der Waals surface area contributed by atoms with Crippen LogP contribution in [0.3, 0.4) is 0 Å². The molecule has 0 fully saturated rings. The second-order valence-electron chi connectivity index (χ2n) is 5.03. The standard InChI is InChI=1S/C13H26N4/c1-6-17-9-12(8-15-17)13(7-14)16(5)11(4)10(2)3/h8-11,13H,6-7,14H2,1-5H3. The van der Waals surface area contributed by atoms with Crippen LogP contribution in [0.5, 0.6) is 0 Å². The van der Waals surface area contributed by atoms with E-state index in [-0.39, 0.29) is 6.04 Å². The first-order valence-electron chi connectivity index (χ1n) is 6.45. The monoisotopic (exact) mass is 238 g/mol. The predicted octanol–water partition coefficient (Wildman–Crippen LogP) is 1.88. The summed E-state index contributed by atoms with van der Waals surface area (Å²) in [6, 6.07) is 0.765. The van der Waals surface area contributed by atoms with Crippen LogP contribution in [0.25, 0.3) is 0 Å². The van der Waals surface area contributed by atoms with Gasteiger partial charge in [0.15, 0.2) is 0 Å². The molecule has 0 saturated carbocycles. The lowest BCUT2D eigenvalue weighted by molar-refractivity contribution is 0.152. The minimum absolute atomic E-state index is 0.257. The maximum Gasteiger partial charge on any atom is 0.0538 e. The lowest BCUT2D eigenvalue weighted by Gasteiger charge is -2.34. The molecule has 0 bridgehead atoms. The van der Waals surface area contributed by atoms with Crippen molar-refractivity contribution in [1.82, 2.24) is 14.7 Å². The molecular weight excluding hydrogens is 212 g/mol. The van der Waals surface area contributed by atoms with Crippen LogP contribution < -0.4 is 5.73 Å². The summed E-state index contributed by atoms with van der Waals surface area (Å²) in [4.78, 5) is 2.35. The van der Waals surface area contributed by atoms with Gasteiger partial charge >= 0.3 is 0 Å². The Kier molecular flexibility index (Phi) is 5.15. The van der Waals surface area contributed by atoms with Crippen LogP contribution >= 0.6 is 0 Å². The zero-order valence-corrected chi connectivity index (χ0v) is 11.7. The van der Waals surface area contributed by atoms with Crippen molar-refractivity contribution < 1.29 is 0 Å². The van der Waals surface area contributed by atoms with Gasteiger partial charge in [0, 0.05) is 30.9 Å². The van der Waals surface area contributed by atoms with Gasteiger partial charge in [-0.3, -0.25) is 9.58 Å². The highest BCUT2D eigenvalue weighted by atomic mass is 15.3. The molecule has 2 unspecified atom stereocenters. The molecule has 2 N–H and O–H groups in total. The summed E-state index contributed by atoms with van der Waals surface area (Å²) in [7, 11) is 2.14. The van der Waals surface area contributed by atoms with Crippen LogP contribution in [0, 0.1) is 5.92 Å². The fraction of sp³-hybridized carbons (Fsp3) is 0.769. The number of rotatable bonds is 6. The van der Waals surface area contributed by atoms with E-state index in [1.807, 2.05) is 10.9 Å². The van der Waals surface area contributed by atoms with E-state index in [9.17, 15) is 0 Å². The van der Waals surface area contributed by atoms with Crippen LogP contribution in [0.2, 0.25) is 0 Å². The van der Waals surface area contributed by atoms with Crippen molar-refractivity contribution in [3.05, 3.63) is 18.0 Å². The van der Waals surface area contributed by atoms with Gasteiger partial charge in [0.05, 0.1) is 12.2 Å². The van der Waals surface area contributed by atoms with Crippen molar-refractivity contribution in [3.63, 3.8) is 0 Å². The molecule has 1 heterocycles. The second-order valence-corrected chi connectivity index (χ2v) is 5.03. The van der Waals surface area contributed by atoms with Crippen molar-refractivity contribution in [2.24, 2.45) is 11.7 Å². The largest absolute Gasteiger partial charge is 0.329 e. The highest BCUT2D eigenvalue weighted by Crippen LogP contribution is 2.22. The minimum Gasteiger partial charge on any atom is -0.329 e. The lowest BCUT2D eigenvalue weighted by Crippen LogP contribution is -2.39. The Morgan fingerprint density at radius 2 is 2.06 bits per heavy atom. The first kappa shape index (κ1) is 14.2. The zero-order chi connectivity index (χ0) is 13.0. The minimum atomic E-state index is 0.257. The third kappa shape index (κ3) is 3.30. The number of nitrogens with two attached hydrogens (primary N) is 1. The van der Waals surface area contributed by atoms with Gasteiger partial charge in [-0.2, -0.15) is 5.10 Å². The molecule has 0 aliphatic rings. The number of likely N-dealkylation sites (N-methyl/N-ethyl adjacent to an activating group) is 1. The van der Waals surface area contributed by atoms with E-state index in [1.54, 1.807) is 0 Å². The number of hydrogen-bond acceptors (Lipinski definition) is 3. The van der Waals surface area contributed by atoms with E-state index in [1.165, 1.54) is 5.56 Å². The van der Waals surface area contributed by atoms with E-state index in [4.69, 9.17) is 5.73 Å². The molecule has 0 aromatic carbocycles. The predicted molar refractivity (Wildman–Crippen MR) is 71.8 cm³/mol. The van der Waals surface area contributed by atoms with Crippen LogP contribution in [0.4, 0.5) is 0 Å². The Morgan fingerprint density at radius 3 is 2.47 bits per heavy atom. The molecule has 4 heteroatoms. The second kappa shape index (κ2) is 6.17. The van der Waals surface area contributed by atoms with E-state index in [2.05, 4.69) is 50.9 Å². The average Bonchev–Trinajstić information content (AvgIpc) is 2.77. The van der Waals surface area contributed by atoms with Crippen LogP contribution in [-0.2, 0) is 6.54 Å². The molecule has 1 rings (SSSR count). The summed E-state index contributed by atoms with van der Waals surface area (Å²) < 4.78 is 1.95. The molecule has 0 saturated heterocycles. The summed E-state index contributed by atoms with van der Waals surface area (Å²) in [6.45, 7) is 10.4. The van der Waals surface area contributed by atoms with E-state index >= 15 is 0 Å². The van der Waals surface area contributed by atoms with Gasteiger partial charge in [0.2, 0.25) is 0 Å². The summed E-state index contributed by atoms with van der Waals surface area (Å²) in [5.74, 6) is 0.621. The Morgan fingerprint density at radius 1 is 1.41 bits per heavy atom. The van der Waals surface area contributed by atoms with E-state index < -0.39 is 0 Å². The topological polar surface area (TPSA) is 47.1 Å². The molecule has 2 atom stereocenters. The molecule has 98 valence electrons. The normalized spacial score (nSPS) is 15.5. The van der Waals surface area contributed by atoms with Gasteiger partial charge in [0.25, 0.3) is 0 Å². The van der Waals surface area contributed by atoms with Crippen molar-refractivity contribution >= 4 is 0 Å². The fourth-order valence-electron chi connectivity index (χ4n) is 2.02. The van der Waals surface area contributed by atoms with Gasteiger partial charge in [-0.1, -0.05) is 13.8 Å². The summed E-state index contributed by atoms with van der Waals surface area (Å²) in [5, 5.41) is 4.32. The SMILES string of the molecule is CCn1cc(C(CN)N(C)C(C)C(C)C)cn1. The molecule has 1 aromatic rings. The number of hydrogen-bond donors (Lipinski definition) is 1. The Balaban J connectivity index is 2.83. The Bertz CT molecular complexity index is 332. The molecular formula is C13H26N4. The first-order chi connectivity index (χ1) is 8.01. The summed E-state index contributed by atoms with van der Waals surface area (Å²) >= 11 is 0. The molecule has 0 amide bonds. The van der Waals surface area contributed by atoms with Crippen molar-refractivity contribution in [2.45, 2.75) is 46.3 Å². The van der Waals surface area contributed by atoms with E-state index in [0.29, 0.717) is 18.5 Å². The van der Waals surface area contributed by atoms with Gasteiger partial charge in [-0.05, 0) is 26.8 Å². The molecule has 4 nitrogen and oxygen atoms in total. The number of nitrogens with zero attached hydrogens (tertiary/aromatic N) is 3. The maximum absolute atomic E-state index is 5.92. The van der Waals surface area contributed by atoms with Gasteiger partial charge in [0.1, 0.15) is 0 Å². The van der Waals surface area contributed by atoms with Gasteiger partial charge in [-0.15, -0.1) is 0 Å². The molecule has 0 aliphatic carbocycles. The molecule has 1 aromatic heterocycles. The quantitative estimate of drug-likeness (QED) is 0.823. The smallest absolute Gasteiger partial charge is 0.0538 e. The number of aryl methyl sites for hydroxylation is 1. The summed E-state index contributed by atoms with van der Waals surface area (Å²) in [5.41, 5.74) is 7.13. The van der Waals surface area contributed by atoms with Crippen molar-refractivity contribution in [1.29, 1.82) is 0 Å². The molecule has 0 radical (unpaired) electrons.